The van der Waals surface area contributed by atoms with Gasteiger partial charge >= 0.3 is 0 Å². The van der Waals surface area contributed by atoms with Gasteiger partial charge in [0.1, 0.15) is 12.2 Å². The normalized spacial score (nSPS) is 18.9. The average Bonchev–Trinajstić information content (AvgIpc) is 3.17. The molecule has 124 valence electrons. The van der Waals surface area contributed by atoms with Crippen molar-refractivity contribution in [3.8, 4) is 0 Å². The first kappa shape index (κ1) is 16.1. The molecule has 1 saturated heterocycles. The highest BCUT2D eigenvalue weighted by Gasteiger charge is 2.27. The zero-order valence-electron chi connectivity index (χ0n) is 14.4. The van der Waals surface area contributed by atoms with Gasteiger partial charge in [-0.15, -0.1) is 0 Å². The summed E-state index contributed by atoms with van der Waals surface area (Å²) in [7, 11) is 4.22. The fraction of sp³-hybridized carbons (Fsp3) is 0.556. The zero-order valence-corrected chi connectivity index (χ0v) is 14.4. The van der Waals surface area contributed by atoms with E-state index in [2.05, 4.69) is 65.2 Å². The van der Waals surface area contributed by atoms with Gasteiger partial charge in [-0.1, -0.05) is 24.3 Å². The van der Waals surface area contributed by atoms with Gasteiger partial charge in [0.25, 0.3) is 0 Å². The summed E-state index contributed by atoms with van der Waals surface area (Å²) >= 11 is 0. The van der Waals surface area contributed by atoms with E-state index in [1.165, 1.54) is 24.0 Å². The minimum absolute atomic E-state index is 0.505. The molecule has 1 aromatic carbocycles. The molecule has 1 aromatic heterocycles. The molecule has 1 aliphatic rings. The van der Waals surface area contributed by atoms with Crippen LogP contribution in [0.2, 0.25) is 0 Å². The van der Waals surface area contributed by atoms with Crippen molar-refractivity contribution in [1.29, 1.82) is 0 Å². The molecule has 0 aliphatic carbocycles. The smallest absolute Gasteiger partial charge is 0.141 e. The van der Waals surface area contributed by atoms with Gasteiger partial charge in [0, 0.05) is 19.1 Å². The molecule has 2 aromatic rings. The minimum Gasteiger partial charge on any atom is -0.305 e. The molecule has 5 heteroatoms. The van der Waals surface area contributed by atoms with Crippen molar-refractivity contribution in [2.75, 3.05) is 20.6 Å². The van der Waals surface area contributed by atoms with Gasteiger partial charge in [-0.05, 0) is 51.5 Å². The van der Waals surface area contributed by atoms with Crippen LogP contribution in [-0.2, 0) is 19.6 Å². The number of benzene rings is 1. The first-order valence-corrected chi connectivity index (χ1v) is 8.51. The van der Waals surface area contributed by atoms with Crippen LogP contribution in [0.25, 0.3) is 0 Å². The second kappa shape index (κ2) is 7.23. The monoisotopic (exact) mass is 313 g/mol. The topological polar surface area (TPSA) is 37.2 Å². The molecule has 0 spiro atoms. The molecule has 0 radical (unpaired) electrons. The standard InChI is InChI=1S/C18H27N5/c1-4-23-18(19-14-20-23)13-22-11-5-6-17(22)16-9-7-15(8-10-16)12-21(2)3/h7-10,14,17H,4-6,11-13H2,1-3H3/t17-/m0/s1. The number of nitrogens with zero attached hydrogens (tertiary/aromatic N) is 5. The Bertz CT molecular complexity index is 617. The maximum absolute atomic E-state index is 4.43. The van der Waals surface area contributed by atoms with Crippen LogP contribution >= 0.6 is 0 Å². The van der Waals surface area contributed by atoms with Gasteiger partial charge < -0.3 is 4.90 Å². The summed E-state index contributed by atoms with van der Waals surface area (Å²) < 4.78 is 2.00. The molecule has 0 saturated carbocycles. The summed E-state index contributed by atoms with van der Waals surface area (Å²) in [6.07, 6.45) is 4.15. The van der Waals surface area contributed by atoms with E-state index < -0.39 is 0 Å². The van der Waals surface area contributed by atoms with E-state index in [0.29, 0.717) is 6.04 Å². The van der Waals surface area contributed by atoms with Crippen LogP contribution in [0.15, 0.2) is 30.6 Å². The van der Waals surface area contributed by atoms with Crippen molar-refractivity contribution in [2.24, 2.45) is 0 Å². The maximum Gasteiger partial charge on any atom is 0.141 e. The van der Waals surface area contributed by atoms with E-state index in [1.54, 1.807) is 6.33 Å². The molecule has 1 atom stereocenters. The Hall–Kier alpha value is -1.72. The van der Waals surface area contributed by atoms with Crippen LogP contribution in [0.5, 0.6) is 0 Å². The third-order valence-corrected chi connectivity index (χ3v) is 4.57. The molecule has 23 heavy (non-hydrogen) atoms. The Kier molecular flexibility index (Phi) is 5.08. The Morgan fingerprint density at radius 2 is 2.00 bits per heavy atom. The molecule has 3 rings (SSSR count). The third-order valence-electron chi connectivity index (χ3n) is 4.57. The minimum atomic E-state index is 0.505. The summed E-state index contributed by atoms with van der Waals surface area (Å²) in [6, 6.07) is 9.63. The number of likely N-dealkylation sites (tertiary alicyclic amines) is 1. The van der Waals surface area contributed by atoms with Crippen LogP contribution < -0.4 is 0 Å². The van der Waals surface area contributed by atoms with E-state index in [4.69, 9.17) is 0 Å². The van der Waals surface area contributed by atoms with Crippen LogP contribution in [0.1, 0.15) is 42.8 Å². The van der Waals surface area contributed by atoms with Gasteiger partial charge in [0.05, 0.1) is 6.54 Å². The van der Waals surface area contributed by atoms with Crippen molar-refractivity contribution in [3.05, 3.63) is 47.5 Å². The quantitative estimate of drug-likeness (QED) is 0.822. The number of aromatic nitrogens is 3. The van der Waals surface area contributed by atoms with Gasteiger partial charge in [-0.3, -0.25) is 4.90 Å². The zero-order chi connectivity index (χ0) is 16.2. The molecule has 2 heterocycles. The number of rotatable bonds is 6. The van der Waals surface area contributed by atoms with E-state index in [1.807, 2.05) is 4.68 Å². The molecule has 1 fully saturated rings. The summed E-state index contributed by atoms with van der Waals surface area (Å²) in [4.78, 5) is 9.17. The lowest BCUT2D eigenvalue weighted by Gasteiger charge is -2.24. The van der Waals surface area contributed by atoms with Crippen molar-refractivity contribution in [2.45, 2.75) is 45.4 Å². The van der Waals surface area contributed by atoms with Gasteiger partial charge in [-0.25, -0.2) is 9.67 Å². The van der Waals surface area contributed by atoms with E-state index in [0.717, 1.165) is 32.0 Å². The highest BCUT2D eigenvalue weighted by molar-refractivity contribution is 5.25. The van der Waals surface area contributed by atoms with Gasteiger partial charge in [0.15, 0.2) is 0 Å². The predicted molar refractivity (Wildman–Crippen MR) is 91.9 cm³/mol. The van der Waals surface area contributed by atoms with E-state index >= 15 is 0 Å². The van der Waals surface area contributed by atoms with Gasteiger partial charge in [0.2, 0.25) is 0 Å². The van der Waals surface area contributed by atoms with Gasteiger partial charge in [-0.2, -0.15) is 5.10 Å². The first-order valence-electron chi connectivity index (χ1n) is 8.51. The van der Waals surface area contributed by atoms with E-state index in [-0.39, 0.29) is 0 Å². The second-order valence-corrected chi connectivity index (χ2v) is 6.60. The van der Waals surface area contributed by atoms with E-state index in [9.17, 15) is 0 Å². The summed E-state index contributed by atoms with van der Waals surface area (Å²) in [5.74, 6) is 1.07. The third kappa shape index (κ3) is 3.79. The SMILES string of the molecule is CCn1ncnc1CN1CCC[C@H]1c1ccc(CN(C)C)cc1. The Balaban J connectivity index is 1.71. The number of hydrogen-bond acceptors (Lipinski definition) is 4. The van der Waals surface area contributed by atoms with Crippen molar-refractivity contribution < 1.29 is 0 Å². The fourth-order valence-corrected chi connectivity index (χ4v) is 3.46. The van der Waals surface area contributed by atoms with Crippen molar-refractivity contribution >= 4 is 0 Å². The molecule has 1 aliphatic heterocycles. The second-order valence-electron chi connectivity index (χ2n) is 6.60. The summed E-state index contributed by atoms with van der Waals surface area (Å²) in [6.45, 7) is 6.02. The molecule has 5 nitrogen and oxygen atoms in total. The fourth-order valence-electron chi connectivity index (χ4n) is 3.46. The molecule has 0 bridgehead atoms. The number of hydrogen-bond donors (Lipinski definition) is 0. The predicted octanol–water partition coefficient (Wildman–Crippen LogP) is 2.70. The van der Waals surface area contributed by atoms with Crippen LogP contribution in [0.4, 0.5) is 0 Å². The van der Waals surface area contributed by atoms with Crippen LogP contribution in [0, 0.1) is 0 Å². The summed E-state index contributed by atoms with van der Waals surface area (Å²) in [5.41, 5.74) is 2.79. The molecular weight excluding hydrogens is 286 g/mol. The average molecular weight is 313 g/mol. The largest absolute Gasteiger partial charge is 0.305 e. The lowest BCUT2D eigenvalue weighted by molar-refractivity contribution is 0.237. The Morgan fingerprint density at radius 3 is 2.70 bits per heavy atom. The highest BCUT2D eigenvalue weighted by atomic mass is 15.3. The number of aryl methyl sites for hydroxylation is 1. The highest BCUT2D eigenvalue weighted by Crippen LogP contribution is 2.33. The molecule has 0 amide bonds. The first-order chi connectivity index (χ1) is 11.2. The van der Waals surface area contributed by atoms with Crippen LogP contribution in [0.3, 0.4) is 0 Å². The molecule has 0 N–H and O–H groups in total. The van der Waals surface area contributed by atoms with Crippen molar-refractivity contribution in [3.63, 3.8) is 0 Å². The maximum atomic E-state index is 4.43. The summed E-state index contributed by atoms with van der Waals surface area (Å²) in [5, 5.41) is 4.29. The Morgan fingerprint density at radius 1 is 1.22 bits per heavy atom. The molecular formula is C18H27N5. The van der Waals surface area contributed by atoms with Crippen molar-refractivity contribution in [1.82, 2.24) is 24.6 Å². The Labute approximate surface area is 138 Å². The van der Waals surface area contributed by atoms with Crippen LogP contribution in [-0.4, -0.2) is 45.2 Å². The lowest BCUT2D eigenvalue weighted by atomic mass is 10.0. The lowest BCUT2D eigenvalue weighted by Crippen LogP contribution is -2.25. The molecule has 0 unspecified atom stereocenters.